The number of amides is 1. The van der Waals surface area contributed by atoms with Gasteiger partial charge in [0.25, 0.3) is 5.91 Å². The first-order valence-electron chi connectivity index (χ1n) is 8.98. The molecule has 1 aromatic heterocycles. The Balaban J connectivity index is 1.27. The number of benzene rings is 2. The Morgan fingerprint density at radius 3 is 2.93 bits per heavy atom. The second kappa shape index (κ2) is 8.32. The highest BCUT2D eigenvalue weighted by molar-refractivity contribution is 7.19. The lowest BCUT2D eigenvalue weighted by atomic mass is 10.1. The Bertz CT molecular complexity index is 1060. The van der Waals surface area contributed by atoms with E-state index in [0.717, 1.165) is 15.8 Å². The van der Waals surface area contributed by atoms with E-state index in [4.69, 9.17) is 14.2 Å². The van der Waals surface area contributed by atoms with Crippen molar-refractivity contribution in [2.75, 3.05) is 13.4 Å². The quantitative estimate of drug-likeness (QED) is 0.495. The molecule has 0 radical (unpaired) electrons. The normalized spacial score (nSPS) is 13.6. The van der Waals surface area contributed by atoms with Crippen molar-refractivity contribution in [3.05, 3.63) is 59.1 Å². The molecule has 0 saturated heterocycles. The van der Waals surface area contributed by atoms with E-state index in [1.165, 1.54) is 17.4 Å². The number of hydrogen-bond acceptors (Lipinski definition) is 7. The fourth-order valence-corrected chi connectivity index (χ4v) is 3.70. The van der Waals surface area contributed by atoms with Crippen molar-refractivity contribution in [1.29, 1.82) is 0 Å². The highest BCUT2D eigenvalue weighted by atomic mass is 32.1. The zero-order valence-corrected chi connectivity index (χ0v) is 16.4. The van der Waals surface area contributed by atoms with Gasteiger partial charge in [-0.2, -0.15) is 0 Å². The summed E-state index contributed by atoms with van der Waals surface area (Å²) in [6.45, 7) is 1.67. The predicted molar refractivity (Wildman–Crippen MR) is 109 cm³/mol. The van der Waals surface area contributed by atoms with Crippen LogP contribution in [0.25, 0.3) is 16.3 Å². The number of nitrogens with one attached hydrogen (secondary N) is 1. The fraction of sp³-hybridized carbons (Fsp3) is 0.190. The van der Waals surface area contributed by atoms with Crippen LogP contribution in [0.3, 0.4) is 0 Å². The molecule has 8 heteroatoms. The van der Waals surface area contributed by atoms with Crippen molar-refractivity contribution in [1.82, 2.24) is 10.3 Å². The zero-order valence-electron chi connectivity index (χ0n) is 15.6. The third-order valence-electron chi connectivity index (χ3n) is 4.29. The van der Waals surface area contributed by atoms with Gasteiger partial charge in [0.2, 0.25) is 6.79 Å². The van der Waals surface area contributed by atoms with Crippen LogP contribution >= 0.6 is 11.3 Å². The molecule has 0 fully saturated rings. The standard InChI is InChI=1S/C21H18N2O5S/c1-13(14-6-7-16-17(10-14)28-12-27-16)22-19(24)11-26-21(25)9-8-20-23-15-4-2-3-5-18(15)29-20/h2-10,13H,11-12H2,1H3,(H,22,24)/b9-8+/t13-/m0/s1. The van der Waals surface area contributed by atoms with Gasteiger partial charge in [-0.15, -0.1) is 11.3 Å². The van der Waals surface area contributed by atoms with Gasteiger partial charge in [-0.1, -0.05) is 18.2 Å². The van der Waals surface area contributed by atoms with Gasteiger partial charge in [0.05, 0.1) is 16.3 Å². The first-order chi connectivity index (χ1) is 14.1. The number of thiazole rings is 1. The molecule has 0 unspecified atom stereocenters. The highest BCUT2D eigenvalue weighted by Gasteiger charge is 2.17. The molecule has 0 saturated carbocycles. The lowest BCUT2D eigenvalue weighted by molar-refractivity contribution is -0.144. The van der Waals surface area contributed by atoms with Crippen molar-refractivity contribution >= 4 is 39.5 Å². The zero-order chi connectivity index (χ0) is 20.2. The van der Waals surface area contributed by atoms with Gasteiger partial charge >= 0.3 is 5.97 Å². The van der Waals surface area contributed by atoms with Crippen LogP contribution in [0.5, 0.6) is 11.5 Å². The molecule has 2 heterocycles. The summed E-state index contributed by atoms with van der Waals surface area (Å²) in [7, 11) is 0. The summed E-state index contributed by atoms with van der Waals surface area (Å²) >= 11 is 1.47. The smallest absolute Gasteiger partial charge is 0.331 e. The Kier molecular flexibility index (Phi) is 5.44. The van der Waals surface area contributed by atoms with Crippen LogP contribution in [-0.2, 0) is 14.3 Å². The monoisotopic (exact) mass is 410 g/mol. The Morgan fingerprint density at radius 1 is 1.24 bits per heavy atom. The van der Waals surface area contributed by atoms with E-state index in [9.17, 15) is 9.59 Å². The Hall–Kier alpha value is -3.39. The minimum absolute atomic E-state index is 0.194. The minimum atomic E-state index is -0.602. The number of fused-ring (bicyclic) bond motifs is 2. The highest BCUT2D eigenvalue weighted by Crippen LogP contribution is 2.34. The van der Waals surface area contributed by atoms with Crippen molar-refractivity contribution in [3.63, 3.8) is 0 Å². The number of nitrogens with zero attached hydrogens (tertiary/aromatic N) is 1. The van der Waals surface area contributed by atoms with Gasteiger partial charge in [0.15, 0.2) is 18.1 Å². The lowest BCUT2D eigenvalue weighted by Gasteiger charge is -2.14. The molecule has 3 aromatic rings. The lowest BCUT2D eigenvalue weighted by Crippen LogP contribution is -2.30. The van der Waals surface area contributed by atoms with Crippen molar-refractivity contribution in [2.24, 2.45) is 0 Å². The molecule has 2 aromatic carbocycles. The average Bonchev–Trinajstić information content (AvgIpc) is 3.36. The summed E-state index contributed by atoms with van der Waals surface area (Å²) in [6, 6.07) is 12.9. The third kappa shape index (κ3) is 4.55. The summed E-state index contributed by atoms with van der Waals surface area (Å²) in [4.78, 5) is 28.4. The molecule has 1 amide bonds. The van der Waals surface area contributed by atoms with Crippen LogP contribution in [-0.4, -0.2) is 30.3 Å². The molecule has 1 atom stereocenters. The molecule has 7 nitrogen and oxygen atoms in total. The summed E-state index contributed by atoms with van der Waals surface area (Å²) < 4.78 is 16.7. The van der Waals surface area contributed by atoms with E-state index < -0.39 is 11.9 Å². The van der Waals surface area contributed by atoms with Gasteiger partial charge in [-0.3, -0.25) is 4.79 Å². The summed E-state index contributed by atoms with van der Waals surface area (Å²) in [5, 5.41) is 3.49. The number of esters is 1. The molecule has 148 valence electrons. The number of hydrogen-bond donors (Lipinski definition) is 1. The minimum Gasteiger partial charge on any atom is -0.454 e. The van der Waals surface area contributed by atoms with Crippen LogP contribution in [0.1, 0.15) is 23.5 Å². The van der Waals surface area contributed by atoms with E-state index in [2.05, 4.69) is 10.3 Å². The first-order valence-corrected chi connectivity index (χ1v) is 9.79. The average molecular weight is 410 g/mol. The number of para-hydroxylation sites is 1. The fourth-order valence-electron chi connectivity index (χ4n) is 2.83. The van der Waals surface area contributed by atoms with Gasteiger partial charge in [-0.05, 0) is 42.8 Å². The van der Waals surface area contributed by atoms with Crippen LogP contribution in [0.2, 0.25) is 0 Å². The maximum atomic E-state index is 12.1. The number of carbonyl (C=O) groups excluding carboxylic acids is 2. The summed E-state index contributed by atoms with van der Waals surface area (Å²) in [5.41, 5.74) is 1.74. The van der Waals surface area contributed by atoms with Crippen LogP contribution in [0.15, 0.2) is 48.5 Å². The molecule has 0 bridgehead atoms. The van der Waals surface area contributed by atoms with Crippen LogP contribution in [0.4, 0.5) is 0 Å². The topological polar surface area (TPSA) is 86.8 Å². The number of ether oxygens (including phenoxy) is 3. The molecule has 1 aliphatic rings. The molecule has 1 N–H and O–H groups in total. The number of aromatic nitrogens is 1. The summed E-state index contributed by atoms with van der Waals surface area (Å²) in [6.07, 6.45) is 2.85. The van der Waals surface area contributed by atoms with Crippen molar-refractivity contribution in [3.8, 4) is 11.5 Å². The van der Waals surface area contributed by atoms with Gasteiger partial charge in [0, 0.05) is 6.08 Å². The maximum Gasteiger partial charge on any atom is 0.331 e. The van der Waals surface area contributed by atoms with E-state index in [-0.39, 0.29) is 19.4 Å². The van der Waals surface area contributed by atoms with E-state index in [0.29, 0.717) is 16.5 Å². The van der Waals surface area contributed by atoms with Crippen molar-refractivity contribution < 1.29 is 23.8 Å². The number of carbonyl (C=O) groups is 2. The first kappa shape index (κ1) is 18.9. The third-order valence-corrected chi connectivity index (χ3v) is 5.29. The molecule has 4 rings (SSSR count). The van der Waals surface area contributed by atoms with Crippen LogP contribution < -0.4 is 14.8 Å². The van der Waals surface area contributed by atoms with E-state index in [1.807, 2.05) is 43.3 Å². The van der Waals surface area contributed by atoms with E-state index in [1.54, 1.807) is 12.1 Å². The van der Waals surface area contributed by atoms with Gasteiger partial charge in [0.1, 0.15) is 5.01 Å². The molecular formula is C21H18N2O5S. The molecule has 1 aliphatic heterocycles. The largest absolute Gasteiger partial charge is 0.454 e. The molecular weight excluding hydrogens is 392 g/mol. The van der Waals surface area contributed by atoms with Crippen molar-refractivity contribution in [2.45, 2.75) is 13.0 Å². The Morgan fingerprint density at radius 2 is 2.07 bits per heavy atom. The molecule has 0 spiro atoms. The molecule has 0 aliphatic carbocycles. The van der Waals surface area contributed by atoms with Crippen LogP contribution in [0, 0.1) is 0 Å². The van der Waals surface area contributed by atoms with Gasteiger partial charge < -0.3 is 19.5 Å². The molecule has 29 heavy (non-hydrogen) atoms. The van der Waals surface area contributed by atoms with E-state index >= 15 is 0 Å². The number of rotatable bonds is 6. The predicted octanol–water partition coefficient (Wildman–Crippen LogP) is 3.46. The second-order valence-corrected chi connectivity index (χ2v) is 7.42. The SMILES string of the molecule is C[C@H](NC(=O)COC(=O)/C=C/c1nc2ccccc2s1)c1ccc2c(c1)OCO2. The van der Waals surface area contributed by atoms with Gasteiger partial charge in [-0.25, -0.2) is 9.78 Å². The second-order valence-electron chi connectivity index (χ2n) is 6.36. The summed E-state index contributed by atoms with van der Waals surface area (Å²) in [5.74, 6) is 0.336. The maximum absolute atomic E-state index is 12.1. The Labute approximate surface area is 170 Å².